The number of hydrogen-bond donors (Lipinski definition) is 3. The summed E-state index contributed by atoms with van der Waals surface area (Å²) in [7, 11) is 0. The van der Waals surface area contributed by atoms with E-state index in [4.69, 9.17) is 5.11 Å². The predicted molar refractivity (Wildman–Crippen MR) is 90.4 cm³/mol. The molecule has 0 radical (unpaired) electrons. The lowest BCUT2D eigenvalue weighted by Gasteiger charge is -2.12. The first-order valence-corrected chi connectivity index (χ1v) is 8.09. The average molecular weight is 347 g/mol. The summed E-state index contributed by atoms with van der Waals surface area (Å²) in [5, 5.41) is 14.6. The Kier molecular flexibility index (Phi) is 5.64. The smallest absolute Gasteiger partial charge is 0.326 e. The van der Waals surface area contributed by atoms with Gasteiger partial charge in [-0.3, -0.25) is 14.6 Å². The number of pyridine rings is 1. The number of thiophene rings is 1. The minimum absolute atomic E-state index is 0.245. The molecule has 2 aromatic rings. The van der Waals surface area contributed by atoms with E-state index in [9.17, 15) is 14.4 Å². The van der Waals surface area contributed by atoms with Crippen LogP contribution in [0.3, 0.4) is 0 Å². The quantitative estimate of drug-likeness (QED) is 0.743. The molecule has 3 N–H and O–H groups in total. The van der Waals surface area contributed by atoms with Crippen molar-refractivity contribution in [2.24, 2.45) is 0 Å². The zero-order chi connectivity index (χ0) is 17.7. The van der Waals surface area contributed by atoms with Crippen LogP contribution >= 0.6 is 11.3 Å². The lowest BCUT2D eigenvalue weighted by atomic mass is 10.2. The number of nitrogens with zero attached hydrogens (tertiary/aromatic N) is 1. The van der Waals surface area contributed by atoms with E-state index in [-0.39, 0.29) is 17.9 Å². The van der Waals surface area contributed by atoms with E-state index in [2.05, 4.69) is 15.6 Å². The van der Waals surface area contributed by atoms with Crippen LogP contribution in [-0.2, 0) is 4.79 Å². The van der Waals surface area contributed by atoms with Crippen molar-refractivity contribution in [3.05, 3.63) is 46.6 Å². The molecule has 0 saturated heterocycles. The Hall–Kier alpha value is -2.74. The van der Waals surface area contributed by atoms with Crippen molar-refractivity contribution in [1.29, 1.82) is 0 Å². The fourth-order valence-electron chi connectivity index (χ4n) is 2.02. The van der Waals surface area contributed by atoms with Crippen LogP contribution in [-0.4, -0.2) is 33.9 Å². The Balaban J connectivity index is 2.19. The Morgan fingerprint density at radius 2 is 2.08 bits per heavy atom. The average Bonchev–Trinajstić information content (AvgIpc) is 2.93. The van der Waals surface area contributed by atoms with Gasteiger partial charge in [0.05, 0.1) is 11.1 Å². The molecule has 0 bridgehead atoms. The van der Waals surface area contributed by atoms with Crippen molar-refractivity contribution in [3.8, 4) is 0 Å². The second-order valence-corrected chi connectivity index (χ2v) is 6.32. The molecule has 2 heterocycles. The van der Waals surface area contributed by atoms with Crippen molar-refractivity contribution in [2.45, 2.75) is 26.3 Å². The highest BCUT2D eigenvalue weighted by molar-refractivity contribution is 7.16. The third kappa shape index (κ3) is 4.17. The van der Waals surface area contributed by atoms with Crippen molar-refractivity contribution < 1.29 is 19.5 Å². The number of carbonyl (C=O) groups is 3. The second kappa shape index (κ2) is 7.69. The summed E-state index contributed by atoms with van der Waals surface area (Å²) >= 11 is 1.25. The zero-order valence-corrected chi connectivity index (χ0v) is 14.0. The van der Waals surface area contributed by atoms with Gasteiger partial charge in [0.1, 0.15) is 11.0 Å². The first kappa shape index (κ1) is 17.6. The normalized spacial score (nSPS) is 11.6. The highest BCUT2D eigenvalue weighted by atomic mass is 32.1. The molecule has 0 saturated carbocycles. The summed E-state index contributed by atoms with van der Waals surface area (Å²) in [5.74, 6) is -2.02. The monoisotopic (exact) mass is 347 g/mol. The fourth-order valence-corrected chi connectivity index (χ4v) is 2.93. The van der Waals surface area contributed by atoms with E-state index in [1.807, 2.05) is 0 Å². The van der Waals surface area contributed by atoms with Crippen LogP contribution in [0.1, 0.15) is 38.9 Å². The molecule has 2 rings (SSSR count). The Morgan fingerprint density at radius 1 is 1.33 bits per heavy atom. The number of rotatable bonds is 6. The van der Waals surface area contributed by atoms with Gasteiger partial charge in [0.15, 0.2) is 0 Å². The molecule has 126 valence electrons. The summed E-state index contributed by atoms with van der Waals surface area (Å²) < 4.78 is 0. The highest BCUT2D eigenvalue weighted by Gasteiger charge is 2.22. The Morgan fingerprint density at radius 3 is 2.67 bits per heavy atom. The highest BCUT2D eigenvalue weighted by Crippen LogP contribution is 2.28. The van der Waals surface area contributed by atoms with Gasteiger partial charge in [-0.05, 0) is 31.5 Å². The van der Waals surface area contributed by atoms with E-state index in [0.717, 1.165) is 4.88 Å². The Bertz CT molecular complexity index is 758. The lowest BCUT2D eigenvalue weighted by molar-refractivity contribution is -0.139. The van der Waals surface area contributed by atoms with E-state index in [1.54, 1.807) is 38.2 Å². The van der Waals surface area contributed by atoms with E-state index >= 15 is 0 Å². The number of carboxylic acid groups (broad SMARTS) is 1. The van der Waals surface area contributed by atoms with Gasteiger partial charge in [0.2, 0.25) is 0 Å². The van der Waals surface area contributed by atoms with Crippen LogP contribution < -0.4 is 10.6 Å². The van der Waals surface area contributed by atoms with Gasteiger partial charge in [0, 0.05) is 17.3 Å². The number of carbonyl (C=O) groups excluding carboxylic acids is 2. The minimum atomic E-state index is -1.10. The first-order valence-electron chi connectivity index (χ1n) is 7.27. The molecule has 0 fully saturated rings. The van der Waals surface area contributed by atoms with Crippen LogP contribution in [0.5, 0.6) is 0 Å². The Labute approximate surface area is 142 Å². The SMILES string of the molecule is CCC(NC(=O)c1cc(C)sc1NC(=O)c1cccnc1)C(=O)O. The molecule has 2 aromatic heterocycles. The van der Waals surface area contributed by atoms with Crippen LogP contribution in [0.15, 0.2) is 30.6 Å². The van der Waals surface area contributed by atoms with E-state index in [0.29, 0.717) is 10.6 Å². The molecule has 7 nitrogen and oxygen atoms in total. The second-order valence-electron chi connectivity index (χ2n) is 5.07. The van der Waals surface area contributed by atoms with E-state index in [1.165, 1.54) is 17.5 Å². The molecule has 1 atom stereocenters. The third-order valence-corrected chi connectivity index (χ3v) is 4.23. The van der Waals surface area contributed by atoms with Crippen molar-refractivity contribution in [3.63, 3.8) is 0 Å². The number of amides is 2. The van der Waals surface area contributed by atoms with Crippen LogP contribution in [0, 0.1) is 6.92 Å². The molecule has 0 spiro atoms. The van der Waals surface area contributed by atoms with Crippen LogP contribution in [0.4, 0.5) is 5.00 Å². The molecule has 0 aromatic carbocycles. The van der Waals surface area contributed by atoms with E-state index < -0.39 is 17.9 Å². The number of hydrogen-bond acceptors (Lipinski definition) is 5. The summed E-state index contributed by atoms with van der Waals surface area (Å²) in [5.41, 5.74) is 0.612. The van der Waals surface area contributed by atoms with Gasteiger partial charge < -0.3 is 15.7 Å². The number of carboxylic acids is 1. The van der Waals surface area contributed by atoms with Crippen molar-refractivity contribution >= 4 is 34.1 Å². The summed E-state index contributed by atoms with van der Waals surface area (Å²) in [6.45, 7) is 3.47. The molecule has 24 heavy (non-hydrogen) atoms. The number of aliphatic carboxylic acids is 1. The lowest BCUT2D eigenvalue weighted by Crippen LogP contribution is -2.40. The number of aromatic nitrogens is 1. The van der Waals surface area contributed by atoms with Gasteiger partial charge in [-0.2, -0.15) is 0 Å². The molecule has 2 amide bonds. The minimum Gasteiger partial charge on any atom is -0.480 e. The van der Waals surface area contributed by atoms with Crippen LogP contribution in [0.2, 0.25) is 0 Å². The van der Waals surface area contributed by atoms with Gasteiger partial charge >= 0.3 is 5.97 Å². The number of aryl methyl sites for hydroxylation is 1. The van der Waals surface area contributed by atoms with Crippen molar-refractivity contribution in [1.82, 2.24) is 10.3 Å². The molecule has 0 aliphatic heterocycles. The molecule has 0 aliphatic rings. The molecular formula is C16H17N3O4S. The number of nitrogens with one attached hydrogen (secondary N) is 2. The van der Waals surface area contributed by atoms with Gasteiger partial charge in [-0.1, -0.05) is 6.92 Å². The summed E-state index contributed by atoms with van der Waals surface area (Å²) in [6.07, 6.45) is 3.25. The summed E-state index contributed by atoms with van der Waals surface area (Å²) in [6, 6.07) is 3.90. The molecule has 0 aliphatic carbocycles. The van der Waals surface area contributed by atoms with Crippen LogP contribution in [0.25, 0.3) is 0 Å². The maximum absolute atomic E-state index is 12.3. The topological polar surface area (TPSA) is 108 Å². The molecule has 1 unspecified atom stereocenters. The molecular weight excluding hydrogens is 330 g/mol. The van der Waals surface area contributed by atoms with Gasteiger partial charge in [0.25, 0.3) is 11.8 Å². The van der Waals surface area contributed by atoms with Gasteiger partial charge in [-0.25, -0.2) is 4.79 Å². The third-order valence-electron chi connectivity index (χ3n) is 3.26. The predicted octanol–water partition coefficient (Wildman–Crippen LogP) is 2.30. The largest absolute Gasteiger partial charge is 0.480 e. The fraction of sp³-hybridized carbons (Fsp3) is 0.250. The van der Waals surface area contributed by atoms with Crippen molar-refractivity contribution in [2.75, 3.05) is 5.32 Å². The summed E-state index contributed by atoms with van der Waals surface area (Å²) in [4.78, 5) is 40.3. The van der Waals surface area contributed by atoms with Gasteiger partial charge in [-0.15, -0.1) is 11.3 Å². The maximum Gasteiger partial charge on any atom is 0.326 e. The zero-order valence-electron chi connectivity index (χ0n) is 13.2. The molecule has 8 heteroatoms. The number of anilines is 1. The maximum atomic E-state index is 12.3. The first-order chi connectivity index (χ1) is 11.4. The standard InChI is InChI=1S/C16H17N3O4S/c1-3-12(16(22)23)18-14(21)11-7-9(2)24-15(11)19-13(20)10-5-4-6-17-8-10/h4-8,12H,3H2,1-2H3,(H,18,21)(H,19,20)(H,22,23).